The van der Waals surface area contributed by atoms with Crippen LogP contribution in [0.3, 0.4) is 0 Å². The number of nitrogens with zero attached hydrogens (tertiary/aromatic N) is 2. The molecule has 1 saturated heterocycles. The maximum Gasteiger partial charge on any atom is 0.225 e. The van der Waals surface area contributed by atoms with Gasteiger partial charge < -0.3 is 14.5 Å². The number of methoxy groups -OCH3 is 1. The van der Waals surface area contributed by atoms with Crippen LogP contribution in [0.5, 0.6) is 5.75 Å². The van der Waals surface area contributed by atoms with Crippen LogP contribution in [0.15, 0.2) is 24.3 Å². The summed E-state index contributed by atoms with van der Waals surface area (Å²) < 4.78 is 5.63. The molecule has 3 fully saturated rings. The fraction of sp³-hybridized carbons (Fsp3) is 0.759. The van der Waals surface area contributed by atoms with E-state index in [1.807, 2.05) is 0 Å². The van der Waals surface area contributed by atoms with Crippen molar-refractivity contribution in [2.75, 3.05) is 33.8 Å². The third-order valence-corrected chi connectivity index (χ3v) is 8.82. The molecule has 4 nitrogen and oxygen atoms in total. The average molecular weight is 455 g/mol. The first kappa shape index (κ1) is 24.6. The number of hydrogen-bond acceptors (Lipinski definition) is 3. The number of carbonyl (C=O) groups excluding carboxylic acids is 1. The summed E-state index contributed by atoms with van der Waals surface area (Å²) in [5, 5.41) is 0. The number of hydrogen-bond donors (Lipinski definition) is 0. The topological polar surface area (TPSA) is 32.8 Å². The Hall–Kier alpha value is -1.55. The van der Waals surface area contributed by atoms with Crippen LogP contribution >= 0.6 is 0 Å². The van der Waals surface area contributed by atoms with Gasteiger partial charge in [0.15, 0.2) is 0 Å². The second-order valence-electron chi connectivity index (χ2n) is 11.0. The zero-order valence-corrected chi connectivity index (χ0v) is 21.1. The molecule has 1 amide bonds. The molecule has 184 valence electrons. The van der Waals surface area contributed by atoms with E-state index in [4.69, 9.17) is 4.74 Å². The van der Waals surface area contributed by atoms with Gasteiger partial charge in [0.1, 0.15) is 5.75 Å². The minimum atomic E-state index is 0.272. The molecule has 4 heteroatoms. The van der Waals surface area contributed by atoms with Crippen molar-refractivity contribution in [3.63, 3.8) is 0 Å². The van der Waals surface area contributed by atoms with Gasteiger partial charge in [-0.05, 0) is 68.7 Å². The van der Waals surface area contributed by atoms with Crippen molar-refractivity contribution in [2.45, 2.75) is 95.4 Å². The predicted octanol–water partition coefficient (Wildman–Crippen LogP) is 6.25. The van der Waals surface area contributed by atoms with Gasteiger partial charge in [0, 0.05) is 25.6 Å². The molecule has 0 bridgehead atoms. The van der Waals surface area contributed by atoms with Crippen molar-refractivity contribution in [1.29, 1.82) is 0 Å². The summed E-state index contributed by atoms with van der Waals surface area (Å²) in [6.07, 6.45) is 16.4. The Bertz CT molecular complexity index is 731. The summed E-state index contributed by atoms with van der Waals surface area (Å²) in [6.45, 7) is 3.29. The van der Waals surface area contributed by atoms with Crippen molar-refractivity contribution >= 4 is 5.91 Å². The van der Waals surface area contributed by atoms with E-state index in [0.29, 0.717) is 17.9 Å². The van der Waals surface area contributed by atoms with Gasteiger partial charge in [0.25, 0.3) is 0 Å². The Morgan fingerprint density at radius 3 is 2.27 bits per heavy atom. The number of rotatable bonds is 8. The number of carbonyl (C=O) groups is 1. The van der Waals surface area contributed by atoms with Crippen molar-refractivity contribution in [3.05, 3.63) is 29.8 Å². The number of likely N-dealkylation sites (N-methyl/N-ethyl adjacent to an activating group) is 1. The van der Waals surface area contributed by atoms with Crippen LogP contribution in [0.2, 0.25) is 0 Å². The molecule has 0 N–H and O–H groups in total. The molecule has 1 atom stereocenters. The molecule has 1 aromatic rings. The highest BCUT2D eigenvalue weighted by Crippen LogP contribution is 2.35. The number of piperidine rings is 1. The first-order valence-corrected chi connectivity index (χ1v) is 13.8. The van der Waals surface area contributed by atoms with Gasteiger partial charge in [0.2, 0.25) is 5.91 Å². The van der Waals surface area contributed by atoms with Crippen LogP contribution in [0.1, 0.15) is 95.0 Å². The molecule has 0 radical (unpaired) electrons. The standard InChI is InChI=1S/C29H46N2O2/c1-30(29(32)25-13-7-4-8-14-25)26(21-23-11-5-3-6-12-23)22-31-19-17-24(18-20-31)27-15-9-10-16-28(27)33-2/h9-10,15-16,23-26H,3-8,11-14,17-22H2,1-2H3/t26-/m1/s1. The Balaban J connectivity index is 1.37. The minimum absolute atomic E-state index is 0.272. The number of benzene rings is 1. The molecule has 2 saturated carbocycles. The minimum Gasteiger partial charge on any atom is -0.496 e. The zero-order chi connectivity index (χ0) is 23.0. The highest BCUT2D eigenvalue weighted by atomic mass is 16.5. The van der Waals surface area contributed by atoms with Gasteiger partial charge in [-0.3, -0.25) is 4.79 Å². The SMILES string of the molecule is COc1ccccc1C1CCN(C[C@@H](CC2CCCCC2)N(C)C(=O)C2CCCCC2)CC1. The highest BCUT2D eigenvalue weighted by Gasteiger charge is 2.32. The van der Waals surface area contributed by atoms with Gasteiger partial charge in [-0.2, -0.15) is 0 Å². The summed E-state index contributed by atoms with van der Waals surface area (Å²) in [5.74, 6) is 3.12. The van der Waals surface area contributed by atoms with Crippen LogP contribution < -0.4 is 4.74 Å². The predicted molar refractivity (Wildman–Crippen MR) is 136 cm³/mol. The Kier molecular flexibility index (Phi) is 9.11. The second kappa shape index (κ2) is 12.2. The van der Waals surface area contributed by atoms with E-state index in [-0.39, 0.29) is 5.92 Å². The van der Waals surface area contributed by atoms with Crippen LogP contribution in [0.25, 0.3) is 0 Å². The maximum absolute atomic E-state index is 13.4. The Morgan fingerprint density at radius 1 is 0.970 bits per heavy atom. The van der Waals surface area contributed by atoms with E-state index in [1.165, 1.54) is 76.2 Å². The molecule has 0 spiro atoms. The molecule has 4 rings (SSSR count). The summed E-state index contributed by atoms with van der Waals surface area (Å²) >= 11 is 0. The van der Waals surface area contributed by atoms with E-state index in [0.717, 1.165) is 44.1 Å². The number of likely N-dealkylation sites (tertiary alicyclic amines) is 1. The monoisotopic (exact) mass is 454 g/mol. The first-order chi connectivity index (χ1) is 16.2. The second-order valence-corrected chi connectivity index (χ2v) is 11.0. The average Bonchev–Trinajstić information content (AvgIpc) is 2.89. The summed E-state index contributed by atoms with van der Waals surface area (Å²) in [6, 6.07) is 8.89. The molecule has 0 aromatic heterocycles. The van der Waals surface area contributed by atoms with E-state index >= 15 is 0 Å². The molecule has 1 heterocycles. The Labute approximate surface area is 202 Å². The first-order valence-electron chi connectivity index (χ1n) is 13.8. The fourth-order valence-corrected chi connectivity index (χ4v) is 6.71. The zero-order valence-electron chi connectivity index (χ0n) is 21.1. The van der Waals surface area contributed by atoms with E-state index in [1.54, 1.807) is 7.11 Å². The lowest BCUT2D eigenvalue weighted by atomic mass is 9.83. The summed E-state index contributed by atoms with van der Waals surface area (Å²) in [4.78, 5) is 18.3. The molecule has 33 heavy (non-hydrogen) atoms. The summed E-state index contributed by atoms with van der Waals surface area (Å²) in [7, 11) is 3.90. The molecule has 1 aliphatic heterocycles. The third kappa shape index (κ3) is 6.53. The van der Waals surface area contributed by atoms with Gasteiger partial charge in [-0.25, -0.2) is 0 Å². The van der Waals surface area contributed by atoms with Crippen LogP contribution in [-0.4, -0.2) is 55.5 Å². The van der Waals surface area contributed by atoms with Gasteiger partial charge in [-0.1, -0.05) is 69.6 Å². The smallest absolute Gasteiger partial charge is 0.225 e. The molecule has 0 unspecified atom stereocenters. The lowest BCUT2D eigenvalue weighted by Crippen LogP contribution is -2.49. The maximum atomic E-state index is 13.4. The van der Waals surface area contributed by atoms with Gasteiger partial charge in [-0.15, -0.1) is 0 Å². The van der Waals surface area contributed by atoms with Crippen LogP contribution in [0.4, 0.5) is 0 Å². The lowest BCUT2D eigenvalue weighted by molar-refractivity contribution is -0.138. The largest absolute Gasteiger partial charge is 0.496 e. The lowest BCUT2D eigenvalue weighted by Gasteiger charge is -2.40. The van der Waals surface area contributed by atoms with E-state index < -0.39 is 0 Å². The highest BCUT2D eigenvalue weighted by molar-refractivity contribution is 5.79. The van der Waals surface area contributed by atoms with Crippen molar-refractivity contribution < 1.29 is 9.53 Å². The number of amides is 1. The number of para-hydroxylation sites is 1. The van der Waals surface area contributed by atoms with Crippen LogP contribution in [-0.2, 0) is 4.79 Å². The fourth-order valence-electron chi connectivity index (χ4n) is 6.71. The molecule has 1 aromatic carbocycles. The van der Waals surface area contributed by atoms with Gasteiger partial charge >= 0.3 is 0 Å². The normalized spacial score (nSPS) is 22.7. The van der Waals surface area contributed by atoms with E-state index in [2.05, 4.69) is 41.1 Å². The van der Waals surface area contributed by atoms with Crippen LogP contribution in [0, 0.1) is 11.8 Å². The van der Waals surface area contributed by atoms with Crippen molar-refractivity contribution in [1.82, 2.24) is 9.80 Å². The molecular formula is C29H46N2O2. The molecule has 3 aliphatic rings. The van der Waals surface area contributed by atoms with Crippen molar-refractivity contribution in [3.8, 4) is 5.75 Å². The molecule has 2 aliphatic carbocycles. The quantitative estimate of drug-likeness (QED) is 0.465. The van der Waals surface area contributed by atoms with Crippen molar-refractivity contribution in [2.24, 2.45) is 11.8 Å². The van der Waals surface area contributed by atoms with Gasteiger partial charge in [0.05, 0.1) is 7.11 Å². The number of ether oxygens (including phenoxy) is 1. The Morgan fingerprint density at radius 2 is 1.61 bits per heavy atom. The molecular weight excluding hydrogens is 408 g/mol. The summed E-state index contributed by atoms with van der Waals surface area (Å²) in [5.41, 5.74) is 1.36. The van der Waals surface area contributed by atoms with E-state index in [9.17, 15) is 4.79 Å². The third-order valence-electron chi connectivity index (χ3n) is 8.82.